The van der Waals surface area contributed by atoms with Gasteiger partial charge in [-0.2, -0.15) is 0 Å². The molecule has 35 heavy (non-hydrogen) atoms. The fourth-order valence-corrected chi connectivity index (χ4v) is 3.93. The molecule has 3 heterocycles. The molecule has 0 bridgehead atoms. The number of fused-ring (bicyclic) bond motifs is 1. The van der Waals surface area contributed by atoms with Crippen molar-refractivity contribution in [2.24, 2.45) is 17.4 Å². The summed E-state index contributed by atoms with van der Waals surface area (Å²) in [6.45, 7) is 7.48. The standard InChI is InChI=1S/C26H37FN8/c1-18(2)19(14-28)13-25(30)34-26-5-4-23-24(33-26)12-20(17-32-23)21(15-29)16-31-8-3-9-35-10-6-22(27)7-11-35/h4-5,12-18,22,29,31H,3,6-11,28,30H2,1-2H3,(H,33,34)/b19-14+,21-16+,25-13+,29-15?. The summed E-state index contributed by atoms with van der Waals surface area (Å²) in [4.78, 5) is 11.4. The largest absolute Gasteiger partial charge is 0.404 e. The molecule has 2 aromatic rings. The van der Waals surface area contributed by atoms with Crippen LogP contribution in [0.5, 0.6) is 0 Å². The van der Waals surface area contributed by atoms with E-state index in [1.807, 2.05) is 38.2 Å². The molecule has 188 valence electrons. The number of likely N-dealkylation sites (tertiary alicyclic amines) is 1. The van der Waals surface area contributed by atoms with Crippen LogP contribution in [-0.2, 0) is 0 Å². The van der Waals surface area contributed by atoms with E-state index < -0.39 is 6.17 Å². The Morgan fingerprint density at radius 2 is 2.06 bits per heavy atom. The van der Waals surface area contributed by atoms with Gasteiger partial charge in [-0.25, -0.2) is 9.37 Å². The molecular formula is C26H37FN8. The average Bonchev–Trinajstić information content (AvgIpc) is 2.85. The van der Waals surface area contributed by atoms with E-state index in [2.05, 4.69) is 25.5 Å². The highest BCUT2D eigenvalue weighted by atomic mass is 19.1. The van der Waals surface area contributed by atoms with Gasteiger partial charge in [0, 0.05) is 49.4 Å². The molecule has 1 aliphatic rings. The van der Waals surface area contributed by atoms with Gasteiger partial charge in [-0.15, -0.1) is 0 Å². The van der Waals surface area contributed by atoms with E-state index in [9.17, 15) is 4.39 Å². The summed E-state index contributed by atoms with van der Waals surface area (Å²) in [6, 6.07) is 5.61. The van der Waals surface area contributed by atoms with Gasteiger partial charge in [-0.3, -0.25) is 4.98 Å². The number of nitrogens with zero attached hydrogens (tertiary/aromatic N) is 3. The monoisotopic (exact) mass is 480 g/mol. The second-order valence-corrected chi connectivity index (χ2v) is 9.07. The molecule has 1 aliphatic heterocycles. The van der Waals surface area contributed by atoms with Gasteiger partial charge in [0.05, 0.1) is 11.0 Å². The molecule has 0 radical (unpaired) electrons. The first kappa shape index (κ1) is 26.2. The number of piperidine rings is 1. The van der Waals surface area contributed by atoms with Crippen molar-refractivity contribution < 1.29 is 4.39 Å². The average molecular weight is 481 g/mol. The molecule has 1 saturated heterocycles. The lowest BCUT2D eigenvalue weighted by molar-refractivity contribution is 0.150. The lowest BCUT2D eigenvalue weighted by atomic mass is 10.0. The third-order valence-corrected chi connectivity index (χ3v) is 6.05. The third kappa shape index (κ3) is 7.78. The summed E-state index contributed by atoms with van der Waals surface area (Å²) in [6.07, 6.45) is 9.82. The second kappa shape index (κ2) is 12.9. The molecule has 0 saturated carbocycles. The van der Waals surface area contributed by atoms with Crippen LogP contribution in [0.3, 0.4) is 0 Å². The van der Waals surface area contributed by atoms with Crippen molar-refractivity contribution in [3.05, 3.63) is 59.8 Å². The molecule has 8 nitrogen and oxygen atoms in total. The molecule has 0 unspecified atom stereocenters. The Labute approximate surface area is 206 Å². The molecular weight excluding hydrogens is 443 g/mol. The Balaban J connectivity index is 1.63. The van der Waals surface area contributed by atoms with Crippen LogP contribution in [0.4, 0.5) is 10.2 Å². The molecule has 7 N–H and O–H groups in total. The SMILES string of the molecule is CC(C)C(=C/N)/C=C(\N)Nc1ccc2ncc(/C(C=N)=C/NCCCN3CCC(F)CC3)cc2n1. The van der Waals surface area contributed by atoms with E-state index in [1.165, 1.54) is 6.21 Å². The highest BCUT2D eigenvalue weighted by Gasteiger charge is 2.17. The van der Waals surface area contributed by atoms with Gasteiger partial charge in [0.15, 0.2) is 0 Å². The van der Waals surface area contributed by atoms with Gasteiger partial charge in [0.1, 0.15) is 17.8 Å². The zero-order chi connectivity index (χ0) is 25.2. The molecule has 0 aromatic carbocycles. The van der Waals surface area contributed by atoms with E-state index in [0.717, 1.165) is 49.3 Å². The minimum Gasteiger partial charge on any atom is -0.404 e. The lowest BCUT2D eigenvalue weighted by Crippen LogP contribution is -2.35. The van der Waals surface area contributed by atoms with E-state index >= 15 is 0 Å². The summed E-state index contributed by atoms with van der Waals surface area (Å²) < 4.78 is 13.3. The number of nitrogens with two attached hydrogens (primary N) is 2. The number of hydrogen-bond donors (Lipinski definition) is 5. The topological polar surface area (TPSA) is 129 Å². The quantitative estimate of drug-likeness (QED) is 0.188. The fraction of sp³-hybridized carbons (Fsp3) is 0.423. The number of alkyl halides is 1. The van der Waals surface area contributed by atoms with Gasteiger partial charge in [0.25, 0.3) is 0 Å². The molecule has 2 aromatic heterocycles. The highest BCUT2D eigenvalue weighted by Crippen LogP contribution is 2.19. The smallest absolute Gasteiger partial charge is 0.132 e. The van der Waals surface area contributed by atoms with Crippen molar-refractivity contribution >= 4 is 28.6 Å². The molecule has 0 aliphatic carbocycles. The van der Waals surface area contributed by atoms with Crippen molar-refractivity contribution in [3.63, 3.8) is 0 Å². The molecule has 3 rings (SSSR count). The van der Waals surface area contributed by atoms with Crippen LogP contribution in [0.1, 0.15) is 38.7 Å². The van der Waals surface area contributed by atoms with Crippen LogP contribution >= 0.6 is 0 Å². The first-order chi connectivity index (χ1) is 16.9. The maximum Gasteiger partial charge on any atom is 0.132 e. The zero-order valence-corrected chi connectivity index (χ0v) is 20.6. The van der Waals surface area contributed by atoms with Crippen molar-refractivity contribution in [2.75, 3.05) is 31.5 Å². The second-order valence-electron chi connectivity index (χ2n) is 9.07. The summed E-state index contributed by atoms with van der Waals surface area (Å²) in [5.74, 6) is 1.30. The van der Waals surface area contributed by atoms with Crippen LogP contribution in [0.25, 0.3) is 16.6 Å². The molecule has 0 amide bonds. The number of halogens is 1. The third-order valence-electron chi connectivity index (χ3n) is 6.05. The van der Waals surface area contributed by atoms with Gasteiger partial charge in [0.2, 0.25) is 0 Å². The van der Waals surface area contributed by atoms with E-state index in [1.54, 1.807) is 18.5 Å². The highest BCUT2D eigenvalue weighted by molar-refractivity contribution is 6.08. The van der Waals surface area contributed by atoms with E-state index in [-0.39, 0.29) is 5.92 Å². The Bertz CT molecular complexity index is 1080. The number of nitrogens with one attached hydrogen (secondary N) is 3. The zero-order valence-electron chi connectivity index (χ0n) is 20.6. The summed E-state index contributed by atoms with van der Waals surface area (Å²) in [5.41, 5.74) is 15.7. The first-order valence-electron chi connectivity index (χ1n) is 12.1. The summed E-state index contributed by atoms with van der Waals surface area (Å²) >= 11 is 0. The lowest BCUT2D eigenvalue weighted by Gasteiger charge is -2.28. The van der Waals surface area contributed by atoms with Crippen LogP contribution in [0.15, 0.2) is 54.3 Å². The predicted octanol–water partition coefficient (Wildman–Crippen LogP) is 3.74. The maximum atomic E-state index is 13.3. The van der Waals surface area contributed by atoms with Crippen molar-refractivity contribution in [2.45, 2.75) is 39.3 Å². The Kier molecular flexibility index (Phi) is 9.60. The van der Waals surface area contributed by atoms with E-state index in [0.29, 0.717) is 35.6 Å². The molecule has 1 fully saturated rings. The van der Waals surface area contributed by atoms with Crippen LogP contribution in [-0.4, -0.2) is 53.4 Å². The number of allylic oxidation sites excluding steroid dienone is 3. The number of pyridine rings is 2. The van der Waals surface area contributed by atoms with Gasteiger partial charge in [-0.1, -0.05) is 13.8 Å². The number of hydrogen-bond acceptors (Lipinski definition) is 8. The fourth-order valence-electron chi connectivity index (χ4n) is 3.93. The first-order valence-corrected chi connectivity index (χ1v) is 12.1. The minimum absolute atomic E-state index is 0.255. The van der Waals surface area contributed by atoms with Crippen molar-refractivity contribution in [3.8, 4) is 0 Å². The van der Waals surface area contributed by atoms with Crippen LogP contribution in [0.2, 0.25) is 0 Å². The molecule has 0 atom stereocenters. The number of aromatic nitrogens is 2. The van der Waals surface area contributed by atoms with Crippen molar-refractivity contribution in [1.29, 1.82) is 5.41 Å². The van der Waals surface area contributed by atoms with Crippen LogP contribution < -0.4 is 22.1 Å². The molecule has 9 heteroatoms. The normalized spacial score (nSPS) is 16.6. The predicted molar refractivity (Wildman–Crippen MR) is 142 cm³/mol. The van der Waals surface area contributed by atoms with Crippen molar-refractivity contribution in [1.82, 2.24) is 20.2 Å². The van der Waals surface area contributed by atoms with Gasteiger partial charge in [-0.05, 0) is 67.8 Å². The summed E-state index contributed by atoms with van der Waals surface area (Å²) in [7, 11) is 0. The maximum absolute atomic E-state index is 13.3. The Morgan fingerprint density at radius 3 is 2.74 bits per heavy atom. The van der Waals surface area contributed by atoms with Gasteiger partial charge >= 0.3 is 0 Å². The van der Waals surface area contributed by atoms with Crippen LogP contribution in [0, 0.1) is 11.3 Å². The minimum atomic E-state index is -0.640. The number of rotatable bonds is 11. The Morgan fingerprint density at radius 1 is 1.29 bits per heavy atom. The Hall–Kier alpha value is -3.46. The number of anilines is 1. The van der Waals surface area contributed by atoms with E-state index in [4.69, 9.17) is 16.9 Å². The molecule has 0 spiro atoms. The van der Waals surface area contributed by atoms with Gasteiger partial charge < -0.3 is 32.4 Å². The summed E-state index contributed by atoms with van der Waals surface area (Å²) in [5, 5.41) is 14.2.